The lowest BCUT2D eigenvalue weighted by Crippen LogP contribution is -2.38. The van der Waals surface area contributed by atoms with Crippen molar-refractivity contribution in [2.24, 2.45) is 5.73 Å². The molecule has 1 heterocycles. The van der Waals surface area contributed by atoms with Crippen molar-refractivity contribution in [2.45, 2.75) is 38.8 Å². The van der Waals surface area contributed by atoms with Gasteiger partial charge in [0.05, 0.1) is 5.51 Å². The number of rotatable bonds is 3. The first-order chi connectivity index (χ1) is 6.88. The standard InChI is InChI=1S/C10H16N2O2S/c1-10(2,3)14-9(13)8(11)4-7-5-12-6-15-7/h5-6,8H,4,11H2,1-3H3/t8-/m0/s1. The normalized spacial score (nSPS) is 13.6. The van der Waals surface area contributed by atoms with Crippen molar-refractivity contribution in [3.05, 3.63) is 16.6 Å². The van der Waals surface area contributed by atoms with E-state index in [2.05, 4.69) is 4.98 Å². The Morgan fingerprint density at radius 2 is 2.33 bits per heavy atom. The molecule has 1 atom stereocenters. The van der Waals surface area contributed by atoms with Gasteiger partial charge < -0.3 is 10.5 Å². The van der Waals surface area contributed by atoms with Gasteiger partial charge in [-0.05, 0) is 20.8 Å². The molecule has 0 radical (unpaired) electrons. The molecule has 0 amide bonds. The topological polar surface area (TPSA) is 65.2 Å². The van der Waals surface area contributed by atoms with Gasteiger partial charge in [-0.3, -0.25) is 9.78 Å². The first-order valence-corrected chi connectivity index (χ1v) is 5.62. The summed E-state index contributed by atoms with van der Waals surface area (Å²) in [6.07, 6.45) is 2.20. The van der Waals surface area contributed by atoms with E-state index in [9.17, 15) is 4.79 Å². The van der Waals surface area contributed by atoms with Crippen LogP contribution in [0.4, 0.5) is 0 Å². The molecule has 1 aromatic rings. The van der Waals surface area contributed by atoms with Gasteiger partial charge in [0.25, 0.3) is 0 Å². The van der Waals surface area contributed by atoms with E-state index in [4.69, 9.17) is 10.5 Å². The predicted molar refractivity (Wildman–Crippen MR) is 59.6 cm³/mol. The van der Waals surface area contributed by atoms with Crippen LogP contribution in [0.1, 0.15) is 25.6 Å². The molecule has 5 heteroatoms. The lowest BCUT2D eigenvalue weighted by atomic mass is 10.1. The van der Waals surface area contributed by atoms with Gasteiger partial charge in [0.1, 0.15) is 11.6 Å². The number of esters is 1. The summed E-state index contributed by atoms with van der Waals surface area (Å²) in [6.45, 7) is 5.47. The molecule has 84 valence electrons. The van der Waals surface area contributed by atoms with Gasteiger partial charge in [0.15, 0.2) is 0 Å². The zero-order valence-electron chi connectivity index (χ0n) is 9.19. The molecule has 0 aliphatic carbocycles. The summed E-state index contributed by atoms with van der Waals surface area (Å²) in [7, 11) is 0. The maximum Gasteiger partial charge on any atom is 0.323 e. The lowest BCUT2D eigenvalue weighted by Gasteiger charge is -2.21. The number of hydrogen-bond donors (Lipinski definition) is 1. The van der Waals surface area contributed by atoms with Crippen molar-refractivity contribution in [2.75, 3.05) is 0 Å². The van der Waals surface area contributed by atoms with E-state index < -0.39 is 11.6 Å². The van der Waals surface area contributed by atoms with Gasteiger partial charge in [-0.25, -0.2) is 0 Å². The minimum atomic E-state index is -0.607. The summed E-state index contributed by atoms with van der Waals surface area (Å²) in [4.78, 5) is 16.4. The van der Waals surface area contributed by atoms with Gasteiger partial charge in [-0.15, -0.1) is 11.3 Å². The zero-order chi connectivity index (χ0) is 11.5. The number of aromatic nitrogens is 1. The van der Waals surface area contributed by atoms with Crippen LogP contribution < -0.4 is 5.73 Å². The van der Waals surface area contributed by atoms with Crippen LogP contribution in [0.5, 0.6) is 0 Å². The van der Waals surface area contributed by atoms with Crippen LogP contribution in [0.3, 0.4) is 0 Å². The molecular weight excluding hydrogens is 212 g/mol. The van der Waals surface area contributed by atoms with E-state index in [0.29, 0.717) is 6.42 Å². The SMILES string of the molecule is CC(C)(C)OC(=O)[C@@H](N)Cc1cncs1. The van der Waals surface area contributed by atoms with Crippen molar-refractivity contribution >= 4 is 17.3 Å². The van der Waals surface area contributed by atoms with Crippen molar-refractivity contribution in [1.29, 1.82) is 0 Å². The molecule has 0 saturated carbocycles. The molecule has 0 bridgehead atoms. The van der Waals surface area contributed by atoms with E-state index >= 15 is 0 Å². The second-order valence-electron chi connectivity index (χ2n) is 4.31. The highest BCUT2D eigenvalue weighted by atomic mass is 32.1. The molecule has 1 rings (SSSR count). The summed E-state index contributed by atoms with van der Waals surface area (Å²) >= 11 is 1.49. The van der Waals surface area contributed by atoms with Crippen molar-refractivity contribution < 1.29 is 9.53 Å². The first-order valence-electron chi connectivity index (χ1n) is 4.74. The Labute approximate surface area is 93.5 Å². The van der Waals surface area contributed by atoms with E-state index in [1.54, 1.807) is 11.7 Å². The zero-order valence-corrected chi connectivity index (χ0v) is 10.0. The third-order valence-corrected chi connectivity index (χ3v) is 2.42. The molecule has 0 spiro atoms. The van der Waals surface area contributed by atoms with Gasteiger partial charge >= 0.3 is 5.97 Å². The van der Waals surface area contributed by atoms with Gasteiger partial charge in [0, 0.05) is 17.5 Å². The summed E-state index contributed by atoms with van der Waals surface area (Å²) in [5, 5.41) is 0. The van der Waals surface area contributed by atoms with Crippen LogP contribution in [0, 0.1) is 0 Å². The molecule has 0 fully saturated rings. The number of hydrogen-bond acceptors (Lipinski definition) is 5. The molecular formula is C10H16N2O2S. The predicted octanol–water partition coefficient (Wildman–Crippen LogP) is 1.35. The smallest absolute Gasteiger partial charge is 0.323 e. The maximum absolute atomic E-state index is 11.5. The van der Waals surface area contributed by atoms with Crippen molar-refractivity contribution in [3.63, 3.8) is 0 Å². The van der Waals surface area contributed by atoms with Gasteiger partial charge in [-0.2, -0.15) is 0 Å². The Balaban J connectivity index is 2.47. The van der Waals surface area contributed by atoms with Crippen LogP contribution in [0.25, 0.3) is 0 Å². The van der Waals surface area contributed by atoms with Crippen LogP contribution in [-0.4, -0.2) is 22.6 Å². The highest BCUT2D eigenvalue weighted by Crippen LogP contribution is 2.12. The van der Waals surface area contributed by atoms with Crippen LogP contribution in [0.2, 0.25) is 0 Å². The molecule has 1 aromatic heterocycles. The van der Waals surface area contributed by atoms with E-state index in [-0.39, 0.29) is 5.97 Å². The first kappa shape index (κ1) is 12.1. The Kier molecular flexibility index (Phi) is 3.82. The van der Waals surface area contributed by atoms with E-state index in [0.717, 1.165) is 4.88 Å². The average molecular weight is 228 g/mol. The molecule has 2 N–H and O–H groups in total. The van der Waals surface area contributed by atoms with Crippen molar-refractivity contribution in [3.8, 4) is 0 Å². The summed E-state index contributed by atoms with van der Waals surface area (Å²) < 4.78 is 5.17. The van der Waals surface area contributed by atoms with E-state index in [1.807, 2.05) is 20.8 Å². The molecule has 15 heavy (non-hydrogen) atoms. The number of carbonyl (C=O) groups is 1. The van der Waals surface area contributed by atoms with Crippen LogP contribution in [0.15, 0.2) is 11.7 Å². The molecule has 0 unspecified atom stereocenters. The molecule has 0 saturated heterocycles. The number of thiazole rings is 1. The Morgan fingerprint density at radius 3 is 2.80 bits per heavy atom. The monoisotopic (exact) mass is 228 g/mol. The van der Waals surface area contributed by atoms with Crippen LogP contribution >= 0.6 is 11.3 Å². The van der Waals surface area contributed by atoms with Crippen molar-refractivity contribution in [1.82, 2.24) is 4.98 Å². The Hall–Kier alpha value is -0.940. The van der Waals surface area contributed by atoms with Gasteiger partial charge in [0.2, 0.25) is 0 Å². The van der Waals surface area contributed by atoms with Crippen LogP contribution in [-0.2, 0) is 16.0 Å². The summed E-state index contributed by atoms with van der Waals surface area (Å²) in [5.74, 6) is -0.365. The number of nitrogens with zero attached hydrogens (tertiary/aromatic N) is 1. The maximum atomic E-state index is 11.5. The largest absolute Gasteiger partial charge is 0.459 e. The highest BCUT2D eigenvalue weighted by molar-refractivity contribution is 7.09. The fourth-order valence-corrected chi connectivity index (χ4v) is 1.68. The highest BCUT2D eigenvalue weighted by Gasteiger charge is 2.22. The molecule has 0 aromatic carbocycles. The second kappa shape index (κ2) is 4.72. The minimum Gasteiger partial charge on any atom is -0.459 e. The number of nitrogens with two attached hydrogens (primary N) is 1. The molecule has 4 nitrogen and oxygen atoms in total. The second-order valence-corrected chi connectivity index (χ2v) is 5.28. The lowest BCUT2D eigenvalue weighted by molar-refractivity contribution is -0.156. The number of ether oxygens (including phenoxy) is 1. The molecule has 0 aliphatic rings. The molecule has 0 aliphatic heterocycles. The average Bonchev–Trinajstić information content (AvgIpc) is 2.53. The third-order valence-electron chi connectivity index (χ3n) is 1.61. The minimum absolute atomic E-state index is 0.365. The van der Waals surface area contributed by atoms with Gasteiger partial charge in [-0.1, -0.05) is 0 Å². The third kappa shape index (κ3) is 4.40. The Bertz CT molecular complexity index is 317. The summed E-state index contributed by atoms with van der Waals surface area (Å²) in [6, 6.07) is -0.607. The Morgan fingerprint density at radius 1 is 1.67 bits per heavy atom. The quantitative estimate of drug-likeness (QED) is 0.793. The fourth-order valence-electron chi connectivity index (χ4n) is 1.02. The fraction of sp³-hybridized carbons (Fsp3) is 0.600. The summed E-state index contributed by atoms with van der Waals surface area (Å²) in [5.41, 5.74) is 6.96. The number of carbonyl (C=O) groups excluding carboxylic acids is 1. The van der Waals surface area contributed by atoms with E-state index in [1.165, 1.54) is 11.3 Å².